The van der Waals surface area contributed by atoms with Crippen LogP contribution in [0.2, 0.25) is 0 Å². The largest absolute Gasteiger partial charge is 0.506 e. The van der Waals surface area contributed by atoms with E-state index in [4.69, 9.17) is 0 Å². The standard InChI is InChI=1S/C16H10BrFN2O/c17-11-4-3-10(13(18)8-11)9-20-14-5-6-15(21)16-12(14)2-1-7-19-16/h1-9,21H. The van der Waals surface area contributed by atoms with Crippen molar-refractivity contribution in [2.24, 2.45) is 4.99 Å². The lowest BCUT2D eigenvalue weighted by molar-refractivity contribution is 0.480. The van der Waals surface area contributed by atoms with E-state index in [0.717, 1.165) is 0 Å². The number of phenolic OH excluding ortho intramolecular Hbond substituents is 1. The molecule has 0 bridgehead atoms. The van der Waals surface area contributed by atoms with Gasteiger partial charge in [-0.1, -0.05) is 15.9 Å². The van der Waals surface area contributed by atoms with E-state index in [0.29, 0.717) is 26.6 Å². The molecule has 5 heteroatoms. The van der Waals surface area contributed by atoms with Gasteiger partial charge in [-0.25, -0.2) is 4.39 Å². The first-order chi connectivity index (χ1) is 10.1. The lowest BCUT2D eigenvalue weighted by Crippen LogP contribution is -1.87. The Bertz CT molecular complexity index is 849. The number of nitrogens with zero attached hydrogens (tertiary/aromatic N) is 2. The number of benzene rings is 2. The van der Waals surface area contributed by atoms with E-state index < -0.39 is 0 Å². The van der Waals surface area contributed by atoms with Crippen LogP contribution in [0.15, 0.2) is 58.1 Å². The van der Waals surface area contributed by atoms with Gasteiger partial charge in [0.2, 0.25) is 0 Å². The number of aromatic hydroxyl groups is 1. The van der Waals surface area contributed by atoms with Gasteiger partial charge in [0.25, 0.3) is 0 Å². The molecule has 0 saturated carbocycles. The Morgan fingerprint density at radius 1 is 1.19 bits per heavy atom. The summed E-state index contributed by atoms with van der Waals surface area (Å²) in [6, 6.07) is 11.6. The molecule has 0 saturated heterocycles. The maximum Gasteiger partial charge on any atom is 0.141 e. The van der Waals surface area contributed by atoms with Crippen LogP contribution in [0.1, 0.15) is 5.56 Å². The van der Waals surface area contributed by atoms with Crippen LogP contribution < -0.4 is 0 Å². The van der Waals surface area contributed by atoms with Crippen molar-refractivity contribution in [3.8, 4) is 5.75 Å². The molecule has 0 aliphatic carbocycles. The number of hydrogen-bond donors (Lipinski definition) is 1. The number of fused-ring (bicyclic) bond motifs is 1. The molecular formula is C16H10BrFN2O. The summed E-state index contributed by atoms with van der Waals surface area (Å²) in [5, 5.41) is 10.5. The van der Waals surface area contributed by atoms with Crippen LogP contribution in [-0.2, 0) is 0 Å². The third-order valence-electron chi connectivity index (χ3n) is 3.03. The first kappa shape index (κ1) is 13.7. The van der Waals surface area contributed by atoms with Crippen LogP contribution >= 0.6 is 15.9 Å². The Labute approximate surface area is 128 Å². The molecule has 0 fully saturated rings. The fourth-order valence-electron chi connectivity index (χ4n) is 2.00. The average Bonchev–Trinajstić information content (AvgIpc) is 2.48. The molecular weight excluding hydrogens is 335 g/mol. The third-order valence-corrected chi connectivity index (χ3v) is 3.52. The SMILES string of the molecule is Oc1ccc(N=Cc2ccc(Br)cc2F)c2cccnc12. The molecule has 1 heterocycles. The highest BCUT2D eigenvalue weighted by Gasteiger charge is 2.05. The van der Waals surface area contributed by atoms with Gasteiger partial charge >= 0.3 is 0 Å². The summed E-state index contributed by atoms with van der Waals surface area (Å²) >= 11 is 3.21. The van der Waals surface area contributed by atoms with E-state index in [1.807, 2.05) is 6.07 Å². The van der Waals surface area contributed by atoms with E-state index in [1.54, 1.807) is 30.5 Å². The molecule has 104 valence electrons. The van der Waals surface area contributed by atoms with Crippen molar-refractivity contribution < 1.29 is 9.50 Å². The molecule has 0 aliphatic rings. The maximum absolute atomic E-state index is 13.8. The molecule has 0 aliphatic heterocycles. The minimum absolute atomic E-state index is 0.0966. The van der Waals surface area contributed by atoms with Crippen LogP contribution in [0, 0.1) is 5.82 Å². The highest BCUT2D eigenvalue weighted by atomic mass is 79.9. The average molecular weight is 345 g/mol. The minimum atomic E-state index is -0.352. The monoisotopic (exact) mass is 344 g/mol. The van der Waals surface area contributed by atoms with Gasteiger partial charge in [-0.3, -0.25) is 9.98 Å². The van der Waals surface area contributed by atoms with Crippen LogP contribution in [0.5, 0.6) is 5.75 Å². The zero-order valence-corrected chi connectivity index (χ0v) is 12.4. The van der Waals surface area contributed by atoms with Crippen molar-refractivity contribution in [3.05, 3.63) is 64.5 Å². The van der Waals surface area contributed by atoms with Gasteiger partial charge in [0.15, 0.2) is 0 Å². The smallest absolute Gasteiger partial charge is 0.141 e. The van der Waals surface area contributed by atoms with Crippen LogP contribution in [0.3, 0.4) is 0 Å². The molecule has 2 aromatic carbocycles. The number of aliphatic imine (C=N–C) groups is 1. The van der Waals surface area contributed by atoms with Crippen LogP contribution in [0.4, 0.5) is 10.1 Å². The lowest BCUT2D eigenvalue weighted by Gasteiger charge is -2.03. The molecule has 3 nitrogen and oxygen atoms in total. The van der Waals surface area contributed by atoms with E-state index in [2.05, 4.69) is 25.9 Å². The van der Waals surface area contributed by atoms with E-state index >= 15 is 0 Å². The zero-order valence-electron chi connectivity index (χ0n) is 10.8. The summed E-state index contributed by atoms with van der Waals surface area (Å²) in [5.74, 6) is -0.256. The summed E-state index contributed by atoms with van der Waals surface area (Å²) in [5.41, 5.74) is 1.49. The molecule has 0 radical (unpaired) electrons. The van der Waals surface area contributed by atoms with E-state index in [1.165, 1.54) is 18.3 Å². The predicted octanol–water partition coefficient (Wildman–Crippen LogP) is 4.59. The number of rotatable bonds is 2. The predicted molar refractivity (Wildman–Crippen MR) is 84.8 cm³/mol. The minimum Gasteiger partial charge on any atom is -0.506 e. The van der Waals surface area contributed by atoms with Gasteiger partial charge in [0.05, 0.1) is 5.69 Å². The fourth-order valence-corrected chi connectivity index (χ4v) is 2.33. The molecule has 0 spiro atoms. The zero-order chi connectivity index (χ0) is 14.8. The number of hydrogen-bond acceptors (Lipinski definition) is 3. The lowest BCUT2D eigenvalue weighted by atomic mass is 10.1. The molecule has 3 aromatic rings. The van der Waals surface area contributed by atoms with Gasteiger partial charge in [-0.15, -0.1) is 0 Å². The van der Waals surface area contributed by atoms with Crippen molar-refractivity contribution in [2.45, 2.75) is 0 Å². The Balaban J connectivity index is 2.06. The molecule has 0 atom stereocenters. The number of phenols is 1. The highest BCUT2D eigenvalue weighted by molar-refractivity contribution is 9.10. The molecule has 1 N–H and O–H groups in total. The van der Waals surface area contributed by atoms with Gasteiger partial charge in [0, 0.05) is 27.8 Å². The Hall–Kier alpha value is -2.27. The Kier molecular flexibility index (Phi) is 3.66. The molecule has 21 heavy (non-hydrogen) atoms. The van der Waals surface area contributed by atoms with Gasteiger partial charge in [0.1, 0.15) is 17.1 Å². The number of halogens is 2. The molecule has 1 aromatic heterocycles. The van der Waals surface area contributed by atoms with Gasteiger partial charge in [-0.05, 0) is 42.5 Å². The van der Waals surface area contributed by atoms with Crippen molar-refractivity contribution in [2.75, 3.05) is 0 Å². The van der Waals surface area contributed by atoms with Gasteiger partial charge < -0.3 is 5.11 Å². The Morgan fingerprint density at radius 3 is 2.86 bits per heavy atom. The summed E-state index contributed by atoms with van der Waals surface area (Å²) in [6.45, 7) is 0. The van der Waals surface area contributed by atoms with Crippen LogP contribution in [0.25, 0.3) is 10.9 Å². The number of pyridine rings is 1. The first-order valence-corrected chi connectivity index (χ1v) is 7.00. The highest BCUT2D eigenvalue weighted by Crippen LogP contribution is 2.30. The van der Waals surface area contributed by atoms with Crippen molar-refractivity contribution in [1.82, 2.24) is 4.98 Å². The van der Waals surface area contributed by atoms with Crippen LogP contribution in [-0.4, -0.2) is 16.3 Å². The number of aromatic nitrogens is 1. The third kappa shape index (κ3) is 2.78. The molecule has 3 rings (SSSR count). The molecule has 0 unspecified atom stereocenters. The second kappa shape index (κ2) is 5.61. The van der Waals surface area contributed by atoms with E-state index in [-0.39, 0.29) is 11.6 Å². The Morgan fingerprint density at radius 2 is 2.05 bits per heavy atom. The summed E-state index contributed by atoms with van der Waals surface area (Å²) in [6.07, 6.45) is 3.06. The fraction of sp³-hybridized carbons (Fsp3) is 0. The quantitative estimate of drug-likeness (QED) is 0.691. The summed E-state index contributed by atoms with van der Waals surface area (Å²) in [7, 11) is 0. The summed E-state index contributed by atoms with van der Waals surface area (Å²) in [4.78, 5) is 8.43. The second-order valence-electron chi connectivity index (χ2n) is 4.43. The van der Waals surface area contributed by atoms with Crippen molar-refractivity contribution in [3.63, 3.8) is 0 Å². The van der Waals surface area contributed by atoms with E-state index in [9.17, 15) is 9.50 Å². The topological polar surface area (TPSA) is 45.5 Å². The summed E-state index contributed by atoms with van der Waals surface area (Å²) < 4.78 is 14.4. The maximum atomic E-state index is 13.8. The van der Waals surface area contributed by atoms with Crippen molar-refractivity contribution >= 4 is 38.7 Å². The second-order valence-corrected chi connectivity index (χ2v) is 5.34. The molecule has 0 amide bonds. The first-order valence-electron chi connectivity index (χ1n) is 6.21. The normalized spacial score (nSPS) is 11.3. The van der Waals surface area contributed by atoms with Crippen molar-refractivity contribution in [1.29, 1.82) is 0 Å². The van der Waals surface area contributed by atoms with Gasteiger partial charge in [-0.2, -0.15) is 0 Å².